The molecule has 2 aromatic heterocycles. The number of furan rings is 1. The molecule has 0 saturated heterocycles. The maximum absolute atomic E-state index is 12.1. The Morgan fingerprint density at radius 3 is 2.76 bits per heavy atom. The number of carbonyl (C=O) groups excluding carboxylic acids is 1. The molecule has 0 saturated carbocycles. The van der Waals surface area contributed by atoms with Crippen molar-refractivity contribution in [1.29, 1.82) is 0 Å². The Hall–Kier alpha value is -3.22. The van der Waals surface area contributed by atoms with E-state index in [0.29, 0.717) is 18.0 Å². The summed E-state index contributed by atoms with van der Waals surface area (Å²) in [7, 11) is 1.56. The molecule has 0 radical (unpaired) electrons. The van der Waals surface area contributed by atoms with Gasteiger partial charge in [0, 0.05) is 18.9 Å². The van der Waals surface area contributed by atoms with Crippen LogP contribution >= 0.6 is 0 Å². The van der Waals surface area contributed by atoms with Crippen LogP contribution in [0.25, 0.3) is 0 Å². The van der Waals surface area contributed by atoms with E-state index in [1.165, 1.54) is 0 Å². The summed E-state index contributed by atoms with van der Waals surface area (Å²) in [5, 5.41) is 7.07. The third-order valence-corrected chi connectivity index (χ3v) is 3.64. The summed E-state index contributed by atoms with van der Waals surface area (Å²) in [5.74, 6) is 1.58. The number of ether oxygens (including phenoxy) is 2. The fraction of sp³-hybridized carbons (Fsp3) is 0.222. The average molecular weight is 341 g/mol. The fourth-order valence-corrected chi connectivity index (χ4v) is 2.41. The van der Waals surface area contributed by atoms with Gasteiger partial charge < -0.3 is 19.2 Å². The van der Waals surface area contributed by atoms with Crippen LogP contribution in [0.1, 0.15) is 11.8 Å². The first-order chi connectivity index (χ1) is 12.3. The predicted octanol–water partition coefficient (Wildman–Crippen LogP) is 2.27. The summed E-state index contributed by atoms with van der Waals surface area (Å²) in [5.41, 5.74) is 0. The minimum atomic E-state index is -0.241. The molecule has 1 aromatic carbocycles. The van der Waals surface area contributed by atoms with Crippen LogP contribution < -0.4 is 14.8 Å². The molecule has 3 rings (SSSR count). The van der Waals surface area contributed by atoms with Gasteiger partial charge in [0.25, 0.3) is 5.91 Å². The number of benzene rings is 1. The molecule has 0 spiro atoms. The van der Waals surface area contributed by atoms with Gasteiger partial charge in [-0.25, -0.2) is 0 Å². The first-order valence-electron chi connectivity index (χ1n) is 7.83. The van der Waals surface area contributed by atoms with Gasteiger partial charge in [0.15, 0.2) is 18.1 Å². The molecule has 0 bridgehead atoms. The van der Waals surface area contributed by atoms with Crippen molar-refractivity contribution < 1.29 is 18.7 Å². The molecule has 1 N–H and O–H groups in total. The number of carbonyl (C=O) groups is 1. The van der Waals surface area contributed by atoms with E-state index in [2.05, 4.69) is 10.4 Å². The van der Waals surface area contributed by atoms with Crippen molar-refractivity contribution in [3.05, 3.63) is 66.9 Å². The molecule has 0 fully saturated rings. The molecule has 25 heavy (non-hydrogen) atoms. The van der Waals surface area contributed by atoms with Crippen molar-refractivity contribution >= 4 is 5.91 Å². The first kappa shape index (κ1) is 16.6. The number of hydrogen-bond acceptors (Lipinski definition) is 5. The second kappa shape index (κ2) is 8.05. The maximum atomic E-state index is 12.1. The van der Waals surface area contributed by atoms with Gasteiger partial charge in [-0.05, 0) is 30.3 Å². The fourth-order valence-electron chi connectivity index (χ4n) is 2.41. The van der Waals surface area contributed by atoms with Crippen molar-refractivity contribution in [1.82, 2.24) is 15.1 Å². The number of nitrogens with one attached hydrogen (secondary N) is 1. The summed E-state index contributed by atoms with van der Waals surface area (Å²) in [4.78, 5) is 12.1. The lowest BCUT2D eigenvalue weighted by Gasteiger charge is -2.16. The maximum Gasteiger partial charge on any atom is 0.258 e. The molecule has 0 aliphatic rings. The number of para-hydroxylation sites is 2. The van der Waals surface area contributed by atoms with Crippen LogP contribution in [0.15, 0.2) is 65.5 Å². The van der Waals surface area contributed by atoms with E-state index in [1.54, 1.807) is 42.5 Å². The highest BCUT2D eigenvalue weighted by atomic mass is 16.5. The van der Waals surface area contributed by atoms with Crippen LogP contribution in [0.4, 0.5) is 0 Å². The highest BCUT2D eigenvalue weighted by Crippen LogP contribution is 2.25. The predicted molar refractivity (Wildman–Crippen MR) is 90.6 cm³/mol. The van der Waals surface area contributed by atoms with Crippen molar-refractivity contribution in [2.45, 2.75) is 6.04 Å². The van der Waals surface area contributed by atoms with E-state index >= 15 is 0 Å². The molecule has 0 aliphatic heterocycles. The zero-order valence-electron chi connectivity index (χ0n) is 13.8. The van der Waals surface area contributed by atoms with Crippen LogP contribution in [0.5, 0.6) is 11.5 Å². The standard InChI is InChI=1S/C18H19N3O4/c1-23-16-6-2-3-7-17(16)25-13-18(22)19-12-14(15-8-4-11-24-15)21-10-5-9-20-21/h2-11,14H,12-13H2,1H3,(H,19,22)/t14-/m0/s1. The average Bonchev–Trinajstić information content (AvgIpc) is 3.35. The third kappa shape index (κ3) is 4.20. The van der Waals surface area contributed by atoms with Crippen LogP contribution in [0.3, 0.4) is 0 Å². The Morgan fingerprint density at radius 2 is 2.08 bits per heavy atom. The highest BCUT2D eigenvalue weighted by molar-refractivity contribution is 5.77. The lowest BCUT2D eigenvalue weighted by atomic mass is 10.2. The molecule has 0 aliphatic carbocycles. The molecule has 7 heteroatoms. The number of methoxy groups -OCH3 is 1. The Kier molecular flexibility index (Phi) is 5.36. The molecule has 7 nitrogen and oxygen atoms in total. The number of aromatic nitrogens is 2. The molecule has 1 atom stereocenters. The van der Waals surface area contributed by atoms with Gasteiger partial charge in [0.2, 0.25) is 0 Å². The normalized spacial score (nSPS) is 11.7. The first-order valence-corrected chi connectivity index (χ1v) is 7.83. The molecular formula is C18H19N3O4. The number of amides is 1. The van der Waals surface area contributed by atoms with Crippen molar-refractivity contribution in [3.63, 3.8) is 0 Å². The summed E-state index contributed by atoms with van der Waals surface area (Å²) in [6.07, 6.45) is 5.10. The van der Waals surface area contributed by atoms with E-state index in [9.17, 15) is 4.79 Å². The van der Waals surface area contributed by atoms with Gasteiger partial charge in [-0.15, -0.1) is 0 Å². The Morgan fingerprint density at radius 1 is 1.24 bits per heavy atom. The van der Waals surface area contributed by atoms with E-state index < -0.39 is 0 Å². The highest BCUT2D eigenvalue weighted by Gasteiger charge is 2.18. The van der Waals surface area contributed by atoms with Crippen molar-refractivity contribution in [2.75, 3.05) is 20.3 Å². The van der Waals surface area contributed by atoms with Gasteiger partial charge in [0.05, 0.1) is 13.4 Å². The van der Waals surface area contributed by atoms with Crippen LogP contribution in [-0.2, 0) is 4.79 Å². The summed E-state index contributed by atoms with van der Waals surface area (Å²) < 4.78 is 17.9. The number of hydrogen-bond donors (Lipinski definition) is 1. The zero-order valence-corrected chi connectivity index (χ0v) is 13.8. The molecule has 1 amide bonds. The van der Waals surface area contributed by atoms with Gasteiger partial charge in [-0.2, -0.15) is 5.10 Å². The second-order valence-electron chi connectivity index (χ2n) is 5.26. The Bertz CT molecular complexity index is 750. The summed E-state index contributed by atoms with van der Waals surface area (Å²) in [6.45, 7) is 0.230. The molecule has 0 unspecified atom stereocenters. The SMILES string of the molecule is COc1ccccc1OCC(=O)NC[C@@H](c1ccco1)n1cccn1. The topological polar surface area (TPSA) is 78.5 Å². The lowest BCUT2D eigenvalue weighted by Crippen LogP contribution is -2.34. The van der Waals surface area contributed by atoms with E-state index in [4.69, 9.17) is 13.9 Å². The van der Waals surface area contributed by atoms with Gasteiger partial charge in [-0.1, -0.05) is 12.1 Å². The quantitative estimate of drug-likeness (QED) is 0.680. The van der Waals surface area contributed by atoms with Gasteiger partial charge in [0.1, 0.15) is 11.8 Å². The molecule has 2 heterocycles. The molecule has 130 valence electrons. The van der Waals surface area contributed by atoms with E-state index in [0.717, 1.165) is 5.76 Å². The van der Waals surface area contributed by atoms with Crippen LogP contribution in [0, 0.1) is 0 Å². The number of rotatable bonds is 8. The minimum absolute atomic E-state index is 0.107. The largest absolute Gasteiger partial charge is 0.493 e. The Balaban J connectivity index is 1.57. The zero-order chi connectivity index (χ0) is 17.5. The van der Waals surface area contributed by atoms with Gasteiger partial charge >= 0.3 is 0 Å². The molecule has 3 aromatic rings. The van der Waals surface area contributed by atoms with Crippen LogP contribution in [0.2, 0.25) is 0 Å². The minimum Gasteiger partial charge on any atom is -0.493 e. The Labute approximate surface area is 145 Å². The number of nitrogens with zero attached hydrogens (tertiary/aromatic N) is 2. The summed E-state index contributed by atoms with van der Waals surface area (Å²) in [6, 6.07) is 12.4. The smallest absolute Gasteiger partial charge is 0.258 e. The monoisotopic (exact) mass is 341 g/mol. The van der Waals surface area contributed by atoms with Gasteiger partial charge in [-0.3, -0.25) is 9.48 Å². The summed E-state index contributed by atoms with van der Waals surface area (Å²) >= 11 is 0. The van der Waals surface area contributed by atoms with Crippen molar-refractivity contribution in [2.24, 2.45) is 0 Å². The van der Waals surface area contributed by atoms with Crippen LogP contribution in [-0.4, -0.2) is 35.9 Å². The van der Waals surface area contributed by atoms with E-state index in [-0.39, 0.29) is 18.6 Å². The third-order valence-electron chi connectivity index (χ3n) is 3.64. The lowest BCUT2D eigenvalue weighted by molar-refractivity contribution is -0.123. The van der Waals surface area contributed by atoms with E-state index in [1.807, 2.05) is 30.5 Å². The van der Waals surface area contributed by atoms with Crippen molar-refractivity contribution in [3.8, 4) is 11.5 Å². The molecular weight excluding hydrogens is 322 g/mol. The second-order valence-corrected chi connectivity index (χ2v) is 5.26.